The fourth-order valence-electron chi connectivity index (χ4n) is 3.76. The third kappa shape index (κ3) is 3.95. The molecule has 2 fully saturated rings. The average molecular weight is 281 g/mol. The summed E-state index contributed by atoms with van der Waals surface area (Å²) in [6.45, 7) is 3.87. The van der Waals surface area contributed by atoms with Crippen LogP contribution in [0.25, 0.3) is 0 Å². The predicted octanol–water partition coefficient (Wildman–Crippen LogP) is 1.74. The van der Waals surface area contributed by atoms with Gasteiger partial charge in [0, 0.05) is 25.2 Å². The molecule has 1 amide bonds. The first-order chi connectivity index (χ1) is 9.59. The lowest BCUT2D eigenvalue weighted by Crippen LogP contribution is -2.48. The van der Waals surface area contributed by atoms with Gasteiger partial charge in [0.15, 0.2) is 0 Å². The number of hydrogen-bond acceptors (Lipinski definition) is 3. The van der Waals surface area contributed by atoms with Crippen LogP contribution in [0, 0.1) is 11.8 Å². The second-order valence-electron chi connectivity index (χ2n) is 6.80. The average Bonchev–Trinajstić information content (AvgIpc) is 2.95. The van der Waals surface area contributed by atoms with Crippen LogP contribution in [-0.4, -0.2) is 43.0 Å². The Kier molecular flexibility index (Phi) is 5.85. The number of hydrogen-bond donors (Lipinski definition) is 2. The smallest absolute Gasteiger partial charge is 0.224 e. The van der Waals surface area contributed by atoms with Gasteiger partial charge in [0.05, 0.1) is 5.92 Å². The minimum Gasteiger partial charge on any atom is -0.355 e. The molecule has 0 aliphatic heterocycles. The van der Waals surface area contributed by atoms with Gasteiger partial charge in [0.2, 0.25) is 5.91 Å². The van der Waals surface area contributed by atoms with Gasteiger partial charge in [-0.1, -0.05) is 26.2 Å². The largest absolute Gasteiger partial charge is 0.355 e. The van der Waals surface area contributed by atoms with Gasteiger partial charge in [-0.2, -0.15) is 0 Å². The maximum atomic E-state index is 12.2. The molecule has 116 valence electrons. The highest BCUT2D eigenvalue weighted by molar-refractivity contribution is 5.79. The molecule has 2 aliphatic carbocycles. The molecule has 20 heavy (non-hydrogen) atoms. The Bertz CT molecular complexity index is 315. The highest BCUT2D eigenvalue weighted by Crippen LogP contribution is 2.27. The summed E-state index contributed by atoms with van der Waals surface area (Å²) >= 11 is 0. The molecular weight excluding hydrogens is 250 g/mol. The SMILES string of the molecule is CC1CCCC(C(=O)NCCN(C)C2CCCC2)C1N. The summed E-state index contributed by atoms with van der Waals surface area (Å²) in [6.07, 6.45) is 8.59. The quantitative estimate of drug-likeness (QED) is 0.807. The van der Waals surface area contributed by atoms with Crippen molar-refractivity contribution in [2.75, 3.05) is 20.1 Å². The van der Waals surface area contributed by atoms with Gasteiger partial charge in [0.1, 0.15) is 0 Å². The summed E-state index contributed by atoms with van der Waals surface area (Å²) in [5, 5.41) is 3.10. The molecule has 0 aromatic carbocycles. The zero-order chi connectivity index (χ0) is 14.5. The number of likely N-dealkylation sites (N-methyl/N-ethyl adjacent to an activating group) is 1. The molecule has 2 saturated carbocycles. The van der Waals surface area contributed by atoms with E-state index in [1.807, 2.05) is 0 Å². The van der Waals surface area contributed by atoms with Crippen LogP contribution >= 0.6 is 0 Å². The first kappa shape index (κ1) is 15.8. The zero-order valence-electron chi connectivity index (χ0n) is 13.1. The van der Waals surface area contributed by atoms with E-state index in [1.165, 1.54) is 25.7 Å². The Morgan fingerprint density at radius 1 is 1.20 bits per heavy atom. The fraction of sp³-hybridized carbons (Fsp3) is 0.938. The van der Waals surface area contributed by atoms with Gasteiger partial charge in [-0.15, -0.1) is 0 Å². The number of rotatable bonds is 5. The molecule has 2 rings (SSSR count). The zero-order valence-corrected chi connectivity index (χ0v) is 13.1. The van der Waals surface area contributed by atoms with Crippen molar-refractivity contribution in [1.29, 1.82) is 0 Å². The van der Waals surface area contributed by atoms with E-state index in [0.29, 0.717) is 5.92 Å². The van der Waals surface area contributed by atoms with Crippen LogP contribution in [-0.2, 0) is 4.79 Å². The summed E-state index contributed by atoms with van der Waals surface area (Å²) in [7, 11) is 2.18. The number of carbonyl (C=O) groups is 1. The fourth-order valence-corrected chi connectivity index (χ4v) is 3.76. The molecule has 3 unspecified atom stereocenters. The molecule has 0 saturated heterocycles. The van der Waals surface area contributed by atoms with E-state index in [1.54, 1.807) is 0 Å². The first-order valence-corrected chi connectivity index (χ1v) is 8.33. The summed E-state index contributed by atoms with van der Waals surface area (Å²) in [6, 6.07) is 0.764. The molecule has 0 radical (unpaired) electrons. The lowest BCUT2D eigenvalue weighted by molar-refractivity contribution is -0.127. The third-order valence-corrected chi connectivity index (χ3v) is 5.34. The Morgan fingerprint density at radius 2 is 1.90 bits per heavy atom. The van der Waals surface area contributed by atoms with Gasteiger partial charge in [-0.25, -0.2) is 0 Å². The molecule has 4 heteroatoms. The van der Waals surface area contributed by atoms with Crippen molar-refractivity contribution in [3.8, 4) is 0 Å². The van der Waals surface area contributed by atoms with Crippen LogP contribution in [0.3, 0.4) is 0 Å². The molecule has 4 nitrogen and oxygen atoms in total. The van der Waals surface area contributed by atoms with E-state index in [9.17, 15) is 4.79 Å². The minimum atomic E-state index is 0.0236. The van der Waals surface area contributed by atoms with Gasteiger partial charge in [-0.05, 0) is 38.6 Å². The molecule has 0 aromatic rings. The normalized spacial score (nSPS) is 31.7. The third-order valence-electron chi connectivity index (χ3n) is 5.34. The Balaban J connectivity index is 1.69. The van der Waals surface area contributed by atoms with Crippen molar-refractivity contribution in [3.63, 3.8) is 0 Å². The van der Waals surface area contributed by atoms with Crippen molar-refractivity contribution in [1.82, 2.24) is 10.2 Å². The Morgan fingerprint density at radius 3 is 2.60 bits per heavy atom. The number of carbonyl (C=O) groups excluding carboxylic acids is 1. The van der Waals surface area contributed by atoms with Gasteiger partial charge >= 0.3 is 0 Å². The Hall–Kier alpha value is -0.610. The van der Waals surface area contributed by atoms with Crippen molar-refractivity contribution in [2.24, 2.45) is 17.6 Å². The lowest BCUT2D eigenvalue weighted by atomic mass is 9.78. The van der Waals surface area contributed by atoms with E-state index < -0.39 is 0 Å². The molecule has 0 spiro atoms. The maximum absolute atomic E-state index is 12.2. The topological polar surface area (TPSA) is 58.4 Å². The number of amides is 1. The molecule has 3 atom stereocenters. The standard InChI is InChI=1S/C16H31N3O/c1-12-6-5-9-14(15(12)17)16(20)18-10-11-19(2)13-7-3-4-8-13/h12-15H,3-11,17H2,1-2H3,(H,18,20). The van der Waals surface area contributed by atoms with Crippen LogP contribution < -0.4 is 11.1 Å². The van der Waals surface area contributed by atoms with E-state index in [-0.39, 0.29) is 17.9 Å². The maximum Gasteiger partial charge on any atom is 0.224 e. The van der Waals surface area contributed by atoms with Gasteiger partial charge < -0.3 is 16.0 Å². The minimum absolute atomic E-state index is 0.0236. The van der Waals surface area contributed by atoms with E-state index in [2.05, 4.69) is 24.2 Å². The van der Waals surface area contributed by atoms with Crippen LogP contribution in [0.4, 0.5) is 0 Å². The van der Waals surface area contributed by atoms with Crippen molar-refractivity contribution < 1.29 is 4.79 Å². The van der Waals surface area contributed by atoms with E-state index >= 15 is 0 Å². The number of nitrogens with zero attached hydrogens (tertiary/aromatic N) is 1. The van der Waals surface area contributed by atoms with Gasteiger partial charge in [-0.3, -0.25) is 4.79 Å². The van der Waals surface area contributed by atoms with Crippen LogP contribution in [0.1, 0.15) is 51.9 Å². The summed E-state index contributed by atoms with van der Waals surface area (Å²) < 4.78 is 0. The monoisotopic (exact) mass is 281 g/mol. The summed E-state index contributed by atoms with van der Waals surface area (Å²) in [4.78, 5) is 14.6. The highest BCUT2D eigenvalue weighted by atomic mass is 16.1. The molecular formula is C16H31N3O. The predicted molar refractivity (Wildman–Crippen MR) is 82.4 cm³/mol. The lowest BCUT2D eigenvalue weighted by Gasteiger charge is -2.33. The molecule has 0 heterocycles. The van der Waals surface area contributed by atoms with Crippen molar-refractivity contribution in [3.05, 3.63) is 0 Å². The molecule has 3 N–H and O–H groups in total. The first-order valence-electron chi connectivity index (χ1n) is 8.33. The van der Waals surface area contributed by atoms with Crippen LogP contribution in [0.5, 0.6) is 0 Å². The molecule has 0 aromatic heterocycles. The Labute approximate surface area is 123 Å². The second-order valence-corrected chi connectivity index (χ2v) is 6.80. The summed E-state index contributed by atoms with van der Waals surface area (Å²) in [5.74, 6) is 0.667. The van der Waals surface area contributed by atoms with E-state index in [4.69, 9.17) is 5.73 Å². The number of nitrogens with two attached hydrogens (primary N) is 1. The van der Waals surface area contributed by atoms with Crippen molar-refractivity contribution in [2.45, 2.75) is 64.0 Å². The highest BCUT2D eigenvalue weighted by Gasteiger charge is 2.32. The van der Waals surface area contributed by atoms with Gasteiger partial charge in [0.25, 0.3) is 0 Å². The number of nitrogens with one attached hydrogen (secondary N) is 1. The van der Waals surface area contributed by atoms with Crippen LogP contribution in [0.15, 0.2) is 0 Å². The van der Waals surface area contributed by atoms with Crippen LogP contribution in [0.2, 0.25) is 0 Å². The van der Waals surface area contributed by atoms with E-state index in [0.717, 1.165) is 38.4 Å². The summed E-state index contributed by atoms with van der Waals surface area (Å²) in [5.41, 5.74) is 6.18. The van der Waals surface area contributed by atoms with Crippen molar-refractivity contribution >= 4 is 5.91 Å². The second kappa shape index (κ2) is 7.41. The molecule has 0 bridgehead atoms. The molecule has 2 aliphatic rings.